The second-order valence-electron chi connectivity index (χ2n) is 16.3. The zero-order valence-corrected chi connectivity index (χ0v) is 31.3. The van der Waals surface area contributed by atoms with Gasteiger partial charge in [-0.15, -0.1) is 0 Å². The first-order chi connectivity index (χ1) is 24.8. The first-order valence-corrected chi connectivity index (χ1v) is 19.4. The van der Waals surface area contributed by atoms with Crippen molar-refractivity contribution in [3.63, 3.8) is 0 Å². The minimum absolute atomic E-state index is 0.0237. The highest BCUT2D eigenvalue weighted by Crippen LogP contribution is 2.69. The molecular formula is C38H60N10O3. The third-order valence-corrected chi connectivity index (χ3v) is 13.7. The predicted octanol–water partition coefficient (Wildman–Crippen LogP) is 9.50. The number of fused-ring (bicyclic) bond motifs is 5. The number of rotatable bonds is 19. The highest BCUT2D eigenvalue weighted by molar-refractivity contribution is 5.16. The fourth-order valence-electron chi connectivity index (χ4n) is 11.4. The van der Waals surface area contributed by atoms with Crippen LogP contribution in [0.1, 0.15) is 84.1 Å². The smallest absolute Gasteiger partial charge is 0.0637 e. The lowest BCUT2D eigenvalue weighted by atomic mass is 9.43. The van der Waals surface area contributed by atoms with Gasteiger partial charge in [-0.25, -0.2) is 0 Å². The Balaban J connectivity index is 1.36. The Morgan fingerprint density at radius 1 is 0.843 bits per heavy atom. The van der Waals surface area contributed by atoms with Crippen LogP contribution in [0.4, 0.5) is 0 Å². The molecule has 1 aromatic carbocycles. The van der Waals surface area contributed by atoms with E-state index in [-0.39, 0.29) is 29.1 Å². The Hall–Kier alpha value is -3.01. The summed E-state index contributed by atoms with van der Waals surface area (Å²) in [4.78, 5) is 11.3. The molecule has 4 fully saturated rings. The highest BCUT2D eigenvalue weighted by atomic mass is 16.5. The normalized spacial score (nSPS) is 34.6. The SMILES string of the molecule is C[C@H](CCCN(C)Cc1ccccc1)[C@H]1CC[C@H]2C3[C@H](OCCN=[N+]=[N-])CC4C[C@H](OCCN=[N+]=[N-])CC[C@]4(C)[C@H]3C[C@H](OCCN=[N+]=[N-])[C@]12C. The third kappa shape index (κ3) is 9.14. The second kappa shape index (κ2) is 18.7. The Morgan fingerprint density at radius 2 is 1.51 bits per heavy atom. The van der Waals surface area contributed by atoms with Gasteiger partial charge in [0.1, 0.15) is 0 Å². The Bertz CT molecular complexity index is 1400. The summed E-state index contributed by atoms with van der Waals surface area (Å²) in [5.74, 6) is 2.79. The molecule has 0 amide bonds. The van der Waals surface area contributed by atoms with Gasteiger partial charge < -0.3 is 19.1 Å². The molecular weight excluding hydrogens is 644 g/mol. The van der Waals surface area contributed by atoms with Gasteiger partial charge in [-0.3, -0.25) is 0 Å². The molecule has 13 nitrogen and oxygen atoms in total. The molecule has 0 aliphatic heterocycles. The van der Waals surface area contributed by atoms with Crippen molar-refractivity contribution in [2.24, 2.45) is 61.7 Å². The molecule has 1 aromatic rings. The minimum atomic E-state index is -0.0237. The number of ether oxygens (including phenoxy) is 3. The van der Waals surface area contributed by atoms with Crippen LogP contribution in [-0.2, 0) is 20.8 Å². The van der Waals surface area contributed by atoms with Crippen molar-refractivity contribution in [3.8, 4) is 0 Å². The lowest BCUT2D eigenvalue weighted by Crippen LogP contribution is -2.63. The maximum Gasteiger partial charge on any atom is 0.0637 e. The Kier molecular flexibility index (Phi) is 14.3. The zero-order valence-electron chi connectivity index (χ0n) is 31.3. The molecule has 0 N–H and O–H groups in total. The van der Waals surface area contributed by atoms with Crippen LogP contribution in [0.15, 0.2) is 45.7 Å². The molecule has 13 heteroatoms. The summed E-state index contributed by atoms with van der Waals surface area (Å²) in [6.45, 7) is 11.9. The van der Waals surface area contributed by atoms with E-state index in [4.69, 9.17) is 30.8 Å². The minimum Gasteiger partial charge on any atom is -0.378 e. The van der Waals surface area contributed by atoms with Gasteiger partial charge in [0.25, 0.3) is 0 Å². The largest absolute Gasteiger partial charge is 0.378 e. The maximum atomic E-state index is 9.00. The fourth-order valence-corrected chi connectivity index (χ4v) is 11.4. The number of benzene rings is 1. The Labute approximate surface area is 304 Å². The molecule has 4 aliphatic rings. The van der Waals surface area contributed by atoms with Crippen molar-refractivity contribution in [2.45, 2.75) is 103 Å². The van der Waals surface area contributed by atoms with Crippen molar-refractivity contribution in [2.75, 3.05) is 53.0 Å². The summed E-state index contributed by atoms with van der Waals surface area (Å²) >= 11 is 0. The maximum absolute atomic E-state index is 9.00. The van der Waals surface area contributed by atoms with Crippen LogP contribution < -0.4 is 0 Å². The van der Waals surface area contributed by atoms with Gasteiger partial charge in [-0.05, 0) is 134 Å². The summed E-state index contributed by atoms with van der Waals surface area (Å²) in [5.41, 5.74) is 28.1. The molecule has 0 saturated heterocycles. The third-order valence-electron chi connectivity index (χ3n) is 13.7. The van der Waals surface area contributed by atoms with E-state index in [0.29, 0.717) is 75.0 Å². The van der Waals surface area contributed by atoms with Gasteiger partial charge >= 0.3 is 0 Å². The van der Waals surface area contributed by atoms with Crippen LogP contribution in [0, 0.1) is 46.3 Å². The molecule has 4 aliphatic carbocycles. The molecule has 4 saturated carbocycles. The van der Waals surface area contributed by atoms with Gasteiger partial charge in [-0.1, -0.05) is 66.4 Å². The summed E-state index contributed by atoms with van der Waals surface area (Å²) < 4.78 is 19.9. The fraction of sp³-hybridized carbons (Fsp3) is 0.842. The van der Waals surface area contributed by atoms with Crippen LogP contribution >= 0.6 is 0 Å². The summed E-state index contributed by atoms with van der Waals surface area (Å²) in [6, 6.07) is 10.7. The van der Waals surface area contributed by atoms with Gasteiger partial charge in [0.15, 0.2) is 0 Å². The molecule has 0 radical (unpaired) electrons. The molecule has 0 aromatic heterocycles. The number of azide groups is 3. The van der Waals surface area contributed by atoms with Crippen LogP contribution in [0.25, 0.3) is 31.3 Å². The van der Waals surface area contributed by atoms with Crippen molar-refractivity contribution in [1.29, 1.82) is 0 Å². The summed E-state index contributed by atoms with van der Waals surface area (Å²) in [7, 11) is 2.22. The van der Waals surface area contributed by atoms with E-state index < -0.39 is 0 Å². The topological polar surface area (TPSA) is 177 Å². The van der Waals surface area contributed by atoms with E-state index in [9.17, 15) is 0 Å². The van der Waals surface area contributed by atoms with Crippen molar-refractivity contribution in [3.05, 3.63) is 67.2 Å². The van der Waals surface area contributed by atoms with E-state index in [0.717, 1.165) is 51.6 Å². The van der Waals surface area contributed by atoms with Gasteiger partial charge in [0, 0.05) is 46.3 Å². The Morgan fingerprint density at radius 3 is 2.20 bits per heavy atom. The van der Waals surface area contributed by atoms with E-state index in [2.05, 4.69) is 93.1 Å². The predicted molar refractivity (Wildman–Crippen MR) is 198 cm³/mol. The van der Waals surface area contributed by atoms with Gasteiger partial charge in [-0.2, -0.15) is 0 Å². The second-order valence-corrected chi connectivity index (χ2v) is 16.3. The van der Waals surface area contributed by atoms with Crippen LogP contribution in [0.3, 0.4) is 0 Å². The van der Waals surface area contributed by atoms with Crippen molar-refractivity contribution >= 4 is 0 Å². The lowest BCUT2D eigenvalue weighted by molar-refractivity contribution is -0.226. The molecule has 0 spiro atoms. The number of hydrogen-bond acceptors (Lipinski definition) is 7. The van der Waals surface area contributed by atoms with Crippen LogP contribution in [0.2, 0.25) is 0 Å². The van der Waals surface area contributed by atoms with E-state index in [1.807, 2.05) is 0 Å². The zero-order chi connectivity index (χ0) is 36.3. The number of nitrogens with zero attached hydrogens (tertiary/aromatic N) is 10. The van der Waals surface area contributed by atoms with E-state index >= 15 is 0 Å². The monoisotopic (exact) mass is 704 g/mol. The van der Waals surface area contributed by atoms with E-state index in [1.165, 1.54) is 24.8 Å². The molecule has 0 heterocycles. The molecule has 5 rings (SSSR count). The standard InChI is InChI=1S/C38H60N10O3/c1-27(9-8-19-48(4)26-28-10-6-5-7-11-28)31-12-13-32-36-33(25-35(38(31,32)3)51-22-18-44-47-41)37(2)15-14-30(49-20-16-42-45-39)23-29(37)24-34(36)50-21-17-43-46-40/h5-7,10-11,27,29-36H,8-9,12-26H2,1-4H3/t27-,29?,30-,31-,32+,33+,34-,35+,36?,37+,38-/m1/s1. The van der Waals surface area contributed by atoms with E-state index in [1.54, 1.807) is 0 Å². The van der Waals surface area contributed by atoms with Crippen LogP contribution in [0.5, 0.6) is 0 Å². The van der Waals surface area contributed by atoms with Gasteiger partial charge in [0.2, 0.25) is 0 Å². The average molecular weight is 705 g/mol. The summed E-state index contributed by atoms with van der Waals surface area (Å²) in [5, 5.41) is 11.3. The van der Waals surface area contributed by atoms with Crippen molar-refractivity contribution < 1.29 is 14.2 Å². The molecule has 51 heavy (non-hydrogen) atoms. The molecule has 11 atom stereocenters. The highest BCUT2D eigenvalue weighted by Gasteiger charge is 2.66. The lowest BCUT2D eigenvalue weighted by Gasteiger charge is -2.64. The van der Waals surface area contributed by atoms with Gasteiger partial charge in [0.05, 0.1) is 38.1 Å². The van der Waals surface area contributed by atoms with Crippen molar-refractivity contribution in [1.82, 2.24) is 4.90 Å². The first-order valence-electron chi connectivity index (χ1n) is 19.4. The number of hydrogen-bond donors (Lipinski definition) is 0. The molecule has 280 valence electrons. The molecule has 2 unspecified atom stereocenters. The molecule has 0 bridgehead atoms. The quantitative estimate of drug-likeness (QED) is 0.0603. The first kappa shape index (κ1) is 39.2. The average Bonchev–Trinajstić information content (AvgIpc) is 3.49. The summed E-state index contributed by atoms with van der Waals surface area (Å²) in [6.07, 6.45) is 10.00. The van der Waals surface area contributed by atoms with Crippen LogP contribution in [-0.4, -0.2) is 76.3 Å².